The second-order valence-corrected chi connectivity index (χ2v) is 7.80. The van der Waals surface area contributed by atoms with Crippen LogP contribution >= 0.6 is 0 Å². The van der Waals surface area contributed by atoms with Crippen LogP contribution in [0, 0.1) is 17.8 Å². The van der Waals surface area contributed by atoms with Crippen LogP contribution in [0.25, 0.3) is 0 Å². The number of hydrogen-bond donors (Lipinski definition) is 1. The zero-order valence-electron chi connectivity index (χ0n) is 13.1. The Kier molecular flexibility index (Phi) is 4.19. The van der Waals surface area contributed by atoms with Crippen LogP contribution in [0.1, 0.15) is 58.8 Å². The smallest absolute Gasteiger partial charge is 0.00988 e. The Balaban J connectivity index is 1.47. The maximum atomic E-state index is 3.94. The van der Waals surface area contributed by atoms with Gasteiger partial charge in [-0.05, 0) is 69.9 Å². The molecule has 5 atom stereocenters. The minimum absolute atomic E-state index is 0.793. The van der Waals surface area contributed by atoms with Gasteiger partial charge >= 0.3 is 0 Å². The van der Waals surface area contributed by atoms with E-state index in [2.05, 4.69) is 31.1 Å². The summed E-state index contributed by atoms with van der Waals surface area (Å²) in [6.07, 6.45) is 10.1. The van der Waals surface area contributed by atoms with Crippen molar-refractivity contribution in [3.8, 4) is 0 Å². The molecule has 0 aromatic carbocycles. The van der Waals surface area contributed by atoms with Crippen molar-refractivity contribution in [2.45, 2.75) is 76.9 Å². The Morgan fingerprint density at radius 1 is 0.947 bits per heavy atom. The highest BCUT2D eigenvalue weighted by molar-refractivity contribution is 4.94. The van der Waals surface area contributed by atoms with Gasteiger partial charge in [-0.3, -0.25) is 0 Å². The first-order valence-corrected chi connectivity index (χ1v) is 8.58. The van der Waals surface area contributed by atoms with E-state index in [0.29, 0.717) is 0 Å². The third kappa shape index (κ3) is 3.00. The summed E-state index contributed by atoms with van der Waals surface area (Å²) < 4.78 is 0. The highest BCUT2D eigenvalue weighted by Gasteiger charge is 2.38. The highest BCUT2D eigenvalue weighted by atomic mass is 15.2. The van der Waals surface area contributed by atoms with Crippen LogP contribution < -0.4 is 5.32 Å². The quantitative estimate of drug-likeness (QED) is 0.841. The van der Waals surface area contributed by atoms with Crippen LogP contribution in [-0.4, -0.2) is 36.6 Å². The molecule has 2 heterocycles. The molecule has 0 amide bonds. The molecule has 0 spiro atoms. The summed E-state index contributed by atoms with van der Waals surface area (Å²) in [5.41, 5.74) is 0. The first-order chi connectivity index (χ1) is 9.13. The van der Waals surface area contributed by atoms with Crippen molar-refractivity contribution in [2.75, 3.05) is 13.6 Å². The predicted octanol–water partition coefficient (Wildman–Crippen LogP) is 3.27. The zero-order chi connectivity index (χ0) is 13.4. The monoisotopic (exact) mass is 264 g/mol. The maximum absolute atomic E-state index is 3.94. The maximum Gasteiger partial charge on any atom is 0.00988 e. The lowest BCUT2D eigenvalue weighted by Gasteiger charge is -2.39. The van der Waals surface area contributed by atoms with Gasteiger partial charge in [0, 0.05) is 18.1 Å². The van der Waals surface area contributed by atoms with Gasteiger partial charge in [0.05, 0.1) is 0 Å². The molecule has 110 valence electrons. The number of nitrogens with one attached hydrogen (secondary N) is 1. The van der Waals surface area contributed by atoms with Gasteiger partial charge in [0.2, 0.25) is 0 Å². The minimum Gasteiger partial charge on any atom is -0.313 e. The topological polar surface area (TPSA) is 15.3 Å². The number of piperidine rings is 1. The van der Waals surface area contributed by atoms with Crippen LogP contribution in [0.4, 0.5) is 0 Å². The van der Waals surface area contributed by atoms with Gasteiger partial charge in [-0.1, -0.05) is 20.3 Å². The Morgan fingerprint density at radius 2 is 1.63 bits per heavy atom. The lowest BCUT2D eigenvalue weighted by atomic mass is 9.79. The number of rotatable bonds is 3. The largest absolute Gasteiger partial charge is 0.313 e. The molecule has 0 aromatic heterocycles. The summed E-state index contributed by atoms with van der Waals surface area (Å²) >= 11 is 0. The molecule has 2 nitrogen and oxygen atoms in total. The zero-order valence-corrected chi connectivity index (χ0v) is 13.1. The molecule has 1 aliphatic carbocycles. The van der Waals surface area contributed by atoms with Crippen molar-refractivity contribution in [1.29, 1.82) is 0 Å². The van der Waals surface area contributed by atoms with Crippen molar-refractivity contribution in [3.63, 3.8) is 0 Å². The minimum atomic E-state index is 0.793. The van der Waals surface area contributed by atoms with Crippen molar-refractivity contribution >= 4 is 0 Å². The lowest BCUT2D eigenvalue weighted by molar-refractivity contribution is 0.125. The highest BCUT2D eigenvalue weighted by Crippen LogP contribution is 2.37. The molecule has 1 saturated carbocycles. The van der Waals surface area contributed by atoms with E-state index in [1.165, 1.54) is 51.5 Å². The van der Waals surface area contributed by atoms with Gasteiger partial charge in [-0.2, -0.15) is 0 Å². The Morgan fingerprint density at radius 3 is 2.32 bits per heavy atom. The Labute approximate surface area is 119 Å². The van der Waals surface area contributed by atoms with E-state index in [-0.39, 0.29) is 0 Å². The van der Waals surface area contributed by atoms with Gasteiger partial charge in [0.25, 0.3) is 0 Å². The Hall–Kier alpha value is -0.0800. The SMILES string of the molecule is CC1CCC(C)C(NCC2CC3CCC(C2)N3C)C1. The van der Waals surface area contributed by atoms with Crippen molar-refractivity contribution in [1.82, 2.24) is 10.2 Å². The van der Waals surface area contributed by atoms with E-state index in [1.54, 1.807) is 0 Å². The van der Waals surface area contributed by atoms with E-state index in [0.717, 1.165) is 35.9 Å². The third-order valence-electron chi connectivity index (χ3n) is 6.32. The van der Waals surface area contributed by atoms with Crippen LogP contribution in [-0.2, 0) is 0 Å². The van der Waals surface area contributed by atoms with Gasteiger partial charge in [-0.25, -0.2) is 0 Å². The average Bonchev–Trinajstić information content (AvgIpc) is 2.63. The molecule has 0 aromatic rings. The normalized spacial score (nSPS) is 47.5. The lowest BCUT2D eigenvalue weighted by Crippen LogP contribution is -2.46. The fourth-order valence-electron chi connectivity index (χ4n) is 4.83. The van der Waals surface area contributed by atoms with E-state index in [4.69, 9.17) is 0 Å². The molecule has 1 N–H and O–H groups in total. The van der Waals surface area contributed by atoms with Crippen LogP contribution in [0.15, 0.2) is 0 Å². The number of fused-ring (bicyclic) bond motifs is 2. The fraction of sp³-hybridized carbons (Fsp3) is 1.00. The summed E-state index contributed by atoms with van der Waals surface area (Å²) in [6.45, 7) is 6.15. The first-order valence-electron chi connectivity index (χ1n) is 8.58. The summed E-state index contributed by atoms with van der Waals surface area (Å²) in [6, 6.07) is 2.59. The second kappa shape index (κ2) is 5.73. The Bertz CT molecular complexity index is 290. The molecule has 2 aliphatic heterocycles. The molecule has 5 unspecified atom stereocenters. The number of nitrogens with zero attached hydrogens (tertiary/aromatic N) is 1. The molecule has 3 fully saturated rings. The van der Waals surface area contributed by atoms with Gasteiger partial charge in [0.15, 0.2) is 0 Å². The van der Waals surface area contributed by atoms with Crippen LogP contribution in [0.2, 0.25) is 0 Å². The van der Waals surface area contributed by atoms with Crippen LogP contribution in [0.3, 0.4) is 0 Å². The molecular formula is C17H32N2. The van der Waals surface area contributed by atoms with Gasteiger partial charge in [-0.15, -0.1) is 0 Å². The molecule has 0 radical (unpaired) electrons. The summed E-state index contributed by atoms with van der Waals surface area (Å²) in [5.74, 6) is 2.76. The first kappa shape index (κ1) is 13.9. The number of hydrogen-bond acceptors (Lipinski definition) is 2. The summed E-state index contributed by atoms with van der Waals surface area (Å²) in [5, 5.41) is 3.94. The molecule has 2 heteroatoms. The molecule has 2 saturated heterocycles. The molecule has 2 bridgehead atoms. The van der Waals surface area contributed by atoms with Crippen molar-refractivity contribution in [2.24, 2.45) is 17.8 Å². The van der Waals surface area contributed by atoms with Gasteiger partial charge < -0.3 is 10.2 Å². The predicted molar refractivity (Wildman–Crippen MR) is 81.3 cm³/mol. The van der Waals surface area contributed by atoms with Gasteiger partial charge in [0.1, 0.15) is 0 Å². The van der Waals surface area contributed by atoms with E-state index in [1.807, 2.05) is 0 Å². The molecular weight excluding hydrogens is 232 g/mol. The molecule has 3 rings (SSSR count). The second-order valence-electron chi connectivity index (χ2n) is 7.80. The fourth-order valence-corrected chi connectivity index (χ4v) is 4.83. The standard InChI is InChI=1S/C17H32N2/c1-12-4-5-13(2)17(8-12)18-11-14-9-15-6-7-16(10-14)19(15)3/h12-18H,4-11H2,1-3H3. The van der Waals surface area contributed by atoms with Crippen molar-refractivity contribution < 1.29 is 0 Å². The summed E-state index contributed by atoms with van der Waals surface area (Å²) in [7, 11) is 2.34. The average molecular weight is 264 g/mol. The van der Waals surface area contributed by atoms with Crippen molar-refractivity contribution in [3.05, 3.63) is 0 Å². The molecule has 3 aliphatic rings. The van der Waals surface area contributed by atoms with Crippen LogP contribution in [0.5, 0.6) is 0 Å². The van der Waals surface area contributed by atoms with E-state index < -0.39 is 0 Å². The van der Waals surface area contributed by atoms with E-state index in [9.17, 15) is 0 Å². The summed E-state index contributed by atoms with van der Waals surface area (Å²) in [4.78, 5) is 2.65. The molecule has 19 heavy (non-hydrogen) atoms. The van der Waals surface area contributed by atoms with E-state index >= 15 is 0 Å². The third-order valence-corrected chi connectivity index (χ3v) is 6.32.